The zero-order valence-electron chi connectivity index (χ0n) is 14.0. The topological polar surface area (TPSA) is 24.4 Å². The van der Waals surface area contributed by atoms with Crippen molar-refractivity contribution in [1.82, 2.24) is 5.32 Å². The Hall–Kier alpha value is -1.67. The largest absolute Gasteiger partial charge is 0.313 e. The minimum Gasteiger partial charge on any atom is -0.313 e. The van der Waals surface area contributed by atoms with Crippen LogP contribution in [0.4, 0.5) is 0 Å². The van der Waals surface area contributed by atoms with E-state index in [1.54, 1.807) is 0 Å². The molecule has 0 spiro atoms. The zero-order valence-corrected chi connectivity index (χ0v) is 14.0. The molecule has 0 bridgehead atoms. The smallest absolute Gasteiger partial charge is 0.0724 e. The van der Waals surface area contributed by atoms with Crippen LogP contribution in [0.3, 0.4) is 0 Å². The first-order valence-corrected chi connectivity index (χ1v) is 7.72. The number of rotatable bonds is 10. The van der Waals surface area contributed by atoms with E-state index in [9.17, 15) is 0 Å². The van der Waals surface area contributed by atoms with Crippen molar-refractivity contribution in [3.63, 3.8) is 0 Å². The van der Waals surface area contributed by atoms with Gasteiger partial charge in [0, 0.05) is 18.3 Å². The third-order valence-electron chi connectivity index (χ3n) is 2.77. The van der Waals surface area contributed by atoms with Crippen LogP contribution in [0.25, 0.3) is 0 Å². The molecular weight excluding hydrogens is 256 g/mol. The van der Waals surface area contributed by atoms with Gasteiger partial charge < -0.3 is 5.32 Å². The summed E-state index contributed by atoms with van der Waals surface area (Å²) in [7, 11) is 0. The van der Waals surface area contributed by atoms with Crippen LogP contribution in [0.15, 0.2) is 65.4 Å². The van der Waals surface area contributed by atoms with E-state index in [0.717, 1.165) is 29.9 Å². The molecule has 0 heterocycles. The van der Waals surface area contributed by atoms with Crippen LogP contribution in [0.5, 0.6) is 0 Å². The van der Waals surface area contributed by atoms with Crippen molar-refractivity contribution in [1.29, 1.82) is 0 Å². The maximum atomic E-state index is 4.56. The molecule has 0 aliphatic rings. The molecule has 0 aliphatic heterocycles. The van der Waals surface area contributed by atoms with Gasteiger partial charge >= 0.3 is 0 Å². The molecule has 1 N–H and O–H groups in total. The lowest BCUT2D eigenvalue weighted by atomic mass is 10.0. The molecule has 116 valence electrons. The second-order valence-corrected chi connectivity index (χ2v) is 4.85. The number of nitrogens with zero attached hydrogens (tertiary/aromatic N) is 1. The Bertz CT molecular complexity index is 434. The molecule has 2 nitrogen and oxygen atoms in total. The first kappa shape index (κ1) is 19.3. The van der Waals surface area contributed by atoms with Crippen LogP contribution in [0, 0.1) is 0 Å². The molecule has 0 aromatic carbocycles. The van der Waals surface area contributed by atoms with Gasteiger partial charge in [-0.05, 0) is 39.3 Å². The lowest BCUT2D eigenvalue weighted by Crippen LogP contribution is -2.14. The Balaban J connectivity index is 4.82. The monoisotopic (exact) mass is 286 g/mol. The van der Waals surface area contributed by atoms with Crippen molar-refractivity contribution in [3.05, 3.63) is 60.4 Å². The second-order valence-electron chi connectivity index (χ2n) is 4.85. The molecule has 0 rings (SSSR count). The van der Waals surface area contributed by atoms with Gasteiger partial charge in [0.1, 0.15) is 0 Å². The molecule has 0 fully saturated rings. The molecule has 0 unspecified atom stereocenters. The number of aliphatic imine (C=N–C) groups is 1. The van der Waals surface area contributed by atoms with Gasteiger partial charge in [-0.15, -0.1) is 0 Å². The van der Waals surface area contributed by atoms with E-state index in [-0.39, 0.29) is 0 Å². The predicted octanol–water partition coefficient (Wildman–Crippen LogP) is 4.99. The number of allylic oxidation sites excluding steroid dienone is 7. The fraction of sp³-hybridized carbons (Fsp3) is 0.421. The van der Waals surface area contributed by atoms with Crippen molar-refractivity contribution in [2.75, 3.05) is 13.1 Å². The summed E-state index contributed by atoms with van der Waals surface area (Å²) in [6, 6.07) is 0. The third kappa shape index (κ3) is 9.80. The normalized spacial score (nSPS) is 13.9. The van der Waals surface area contributed by atoms with Crippen molar-refractivity contribution in [2.45, 2.75) is 40.5 Å². The van der Waals surface area contributed by atoms with E-state index in [0.29, 0.717) is 0 Å². The standard InChI is InChI=1S/C19H30N2/c1-6-9-13-18(12-8-3)19(17(4)5)21-16-11-15-20-14-10-7-2/h6,8-9,11-13,16,20H,4,7,10,14-15H2,1-3,5H3/b9-6-,12-8-,16-11-,18-13+,21-19-. The van der Waals surface area contributed by atoms with E-state index in [2.05, 4.69) is 36.0 Å². The van der Waals surface area contributed by atoms with Crippen molar-refractivity contribution in [2.24, 2.45) is 4.99 Å². The minimum absolute atomic E-state index is 0.852. The summed E-state index contributed by atoms with van der Waals surface area (Å²) in [6.45, 7) is 14.1. The Morgan fingerprint density at radius 3 is 2.57 bits per heavy atom. The number of hydrogen-bond acceptors (Lipinski definition) is 2. The van der Waals surface area contributed by atoms with Crippen LogP contribution < -0.4 is 5.32 Å². The second kappa shape index (κ2) is 13.3. The predicted molar refractivity (Wildman–Crippen MR) is 96.9 cm³/mol. The highest BCUT2D eigenvalue weighted by molar-refractivity contribution is 6.13. The lowest BCUT2D eigenvalue weighted by molar-refractivity contribution is 0.681. The van der Waals surface area contributed by atoms with Gasteiger partial charge in [0.2, 0.25) is 0 Å². The summed E-state index contributed by atoms with van der Waals surface area (Å²) in [5.41, 5.74) is 2.97. The van der Waals surface area contributed by atoms with E-state index >= 15 is 0 Å². The Kier molecular flexibility index (Phi) is 12.3. The molecular formula is C19H30N2. The van der Waals surface area contributed by atoms with E-state index in [1.165, 1.54) is 12.8 Å². The van der Waals surface area contributed by atoms with Gasteiger partial charge in [0.15, 0.2) is 0 Å². The third-order valence-corrected chi connectivity index (χ3v) is 2.77. The van der Waals surface area contributed by atoms with Gasteiger partial charge in [0.25, 0.3) is 0 Å². The number of nitrogens with one attached hydrogen (secondary N) is 1. The maximum Gasteiger partial charge on any atom is 0.0724 e. The van der Waals surface area contributed by atoms with E-state index < -0.39 is 0 Å². The van der Waals surface area contributed by atoms with Crippen LogP contribution in [-0.4, -0.2) is 18.8 Å². The molecule has 0 aromatic rings. The highest BCUT2D eigenvalue weighted by Gasteiger charge is 2.03. The van der Waals surface area contributed by atoms with Gasteiger partial charge in [0.05, 0.1) is 5.71 Å². The molecule has 0 aromatic heterocycles. The van der Waals surface area contributed by atoms with Crippen LogP contribution in [0.2, 0.25) is 0 Å². The highest BCUT2D eigenvalue weighted by atomic mass is 14.8. The minimum atomic E-state index is 0.852. The van der Waals surface area contributed by atoms with E-state index in [1.807, 2.05) is 51.3 Å². The Morgan fingerprint density at radius 2 is 2.00 bits per heavy atom. The van der Waals surface area contributed by atoms with Crippen molar-refractivity contribution in [3.8, 4) is 0 Å². The van der Waals surface area contributed by atoms with Gasteiger partial charge in [-0.2, -0.15) is 0 Å². The Morgan fingerprint density at radius 1 is 1.24 bits per heavy atom. The molecule has 0 saturated heterocycles. The molecule has 0 radical (unpaired) electrons. The summed E-state index contributed by atoms with van der Waals surface area (Å²) in [4.78, 5) is 4.56. The first-order chi connectivity index (χ1) is 10.2. The van der Waals surface area contributed by atoms with Gasteiger partial charge in [-0.3, -0.25) is 4.99 Å². The number of hydrogen-bond donors (Lipinski definition) is 1. The highest BCUT2D eigenvalue weighted by Crippen LogP contribution is 2.09. The summed E-state index contributed by atoms with van der Waals surface area (Å²) in [5.74, 6) is 0. The van der Waals surface area contributed by atoms with Crippen molar-refractivity contribution < 1.29 is 0 Å². The molecule has 2 heteroatoms. The van der Waals surface area contributed by atoms with Crippen LogP contribution in [-0.2, 0) is 0 Å². The molecule has 21 heavy (non-hydrogen) atoms. The van der Waals surface area contributed by atoms with E-state index in [4.69, 9.17) is 0 Å². The zero-order chi connectivity index (χ0) is 15.9. The van der Waals surface area contributed by atoms with Gasteiger partial charge in [-0.1, -0.05) is 56.4 Å². The summed E-state index contributed by atoms with van der Waals surface area (Å²) in [6.07, 6.45) is 16.5. The average Bonchev–Trinajstić information content (AvgIpc) is 2.46. The van der Waals surface area contributed by atoms with Crippen LogP contribution in [0.1, 0.15) is 40.5 Å². The molecule has 0 atom stereocenters. The van der Waals surface area contributed by atoms with Gasteiger partial charge in [-0.25, -0.2) is 0 Å². The SMILES string of the molecule is C=C(C)C(=N/C=C\CNCCCC)/C(/C=C\C)=C/C=C\C. The van der Waals surface area contributed by atoms with Crippen molar-refractivity contribution >= 4 is 5.71 Å². The fourth-order valence-electron chi connectivity index (χ4n) is 1.69. The summed E-state index contributed by atoms with van der Waals surface area (Å²) < 4.78 is 0. The summed E-state index contributed by atoms with van der Waals surface area (Å²) in [5, 5.41) is 3.36. The first-order valence-electron chi connectivity index (χ1n) is 7.72. The Labute approximate surface area is 130 Å². The molecule has 0 aliphatic carbocycles. The fourth-order valence-corrected chi connectivity index (χ4v) is 1.69. The van der Waals surface area contributed by atoms with Crippen LogP contribution >= 0.6 is 0 Å². The average molecular weight is 286 g/mol. The quantitative estimate of drug-likeness (QED) is 0.342. The maximum absolute atomic E-state index is 4.56. The lowest BCUT2D eigenvalue weighted by Gasteiger charge is -2.05. The number of unbranched alkanes of at least 4 members (excludes halogenated alkanes) is 1. The molecule has 0 saturated carbocycles. The summed E-state index contributed by atoms with van der Waals surface area (Å²) >= 11 is 0. The molecule has 0 amide bonds.